The highest BCUT2D eigenvalue weighted by molar-refractivity contribution is 7.47. The molecular weight excluding hydrogens is 271 g/mol. The first-order valence-electron chi connectivity index (χ1n) is 6.46. The molecule has 0 aromatic rings. The van der Waals surface area contributed by atoms with E-state index in [-0.39, 0.29) is 25.0 Å². The Bertz CT molecular complexity index is 310. The summed E-state index contributed by atoms with van der Waals surface area (Å²) in [5, 5.41) is 8.43. The Morgan fingerprint density at radius 1 is 1.11 bits per heavy atom. The highest BCUT2D eigenvalue weighted by atomic mass is 31.2. The lowest BCUT2D eigenvalue weighted by molar-refractivity contribution is -0.137. The van der Waals surface area contributed by atoms with Crippen LogP contribution in [0.15, 0.2) is 0 Å². The molecule has 0 radical (unpaired) electrons. The van der Waals surface area contributed by atoms with Gasteiger partial charge < -0.3 is 10.00 Å². The van der Waals surface area contributed by atoms with E-state index in [1.165, 1.54) is 0 Å². The standard InChI is InChI=1S/C12H25O6P/c1-12(2,3)8-10-18-19(15,16)17-9-6-4-5-7-11(13)14/h4-10H2,1-3H3,(H,13,14)(H,15,16). The lowest BCUT2D eigenvalue weighted by Crippen LogP contribution is -2.09. The van der Waals surface area contributed by atoms with Crippen LogP contribution in [-0.2, 0) is 18.4 Å². The van der Waals surface area contributed by atoms with Crippen molar-refractivity contribution in [3.8, 4) is 0 Å². The number of hydrogen-bond acceptors (Lipinski definition) is 4. The summed E-state index contributed by atoms with van der Waals surface area (Å²) in [7, 11) is -3.96. The van der Waals surface area contributed by atoms with Crippen LogP contribution >= 0.6 is 7.82 Å². The second-order valence-corrected chi connectivity index (χ2v) is 7.10. The molecule has 0 amide bonds. The van der Waals surface area contributed by atoms with Crippen molar-refractivity contribution < 1.29 is 28.4 Å². The van der Waals surface area contributed by atoms with E-state index >= 15 is 0 Å². The molecule has 0 saturated carbocycles. The first-order valence-corrected chi connectivity index (χ1v) is 7.96. The molecule has 0 aliphatic rings. The molecule has 0 aromatic heterocycles. The first-order chi connectivity index (χ1) is 8.62. The predicted octanol–water partition coefficient (Wildman–Crippen LogP) is 3.20. The molecule has 7 heteroatoms. The third-order valence-corrected chi connectivity index (χ3v) is 3.41. The van der Waals surface area contributed by atoms with E-state index in [0.29, 0.717) is 25.7 Å². The molecule has 0 aliphatic heterocycles. The summed E-state index contributed by atoms with van der Waals surface area (Å²) in [5.41, 5.74) is 0.0385. The van der Waals surface area contributed by atoms with Crippen LogP contribution in [-0.4, -0.2) is 29.2 Å². The minimum absolute atomic E-state index is 0.0385. The quantitative estimate of drug-likeness (QED) is 0.475. The Labute approximate surface area is 114 Å². The van der Waals surface area contributed by atoms with Crippen LogP contribution in [0, 0.1) is 5.41 Å². The maximum atomic E-state index is 11.5. The Morgan fingerprint density at radius 2 is 1.68 bits per heavy atom. The van der Waals surface area contributed by atoms with Crippen molar-refractivity contribution in [2.45, 2.75) is 52.9 Å². The van der Waals surface area contributed by atoms with E-state index in [0.717, 1.165) is 0 Å². The van der Waals surface area contributed by atoms with Crippen LogP contribution in [0.25, 0.3) is 0 Å². The minimum Gasteiger partial charge on any atom is -0.481 e. The fourth-order valence-corrected chi connectivity index (χ4v) is 2.00. The first kappa shape index (κ1) is 18.6. The van der Waals surface area contributed by atoms with Gasteiger partial charge in [-0.05, 0) is 24.7 Å². The topological polar surface area (TPSA) is 93.1 Å². The van der Waals surface area contributed by atoms with Crippen molar-refractivity contribution in [3.63, 3.8) is 0 Å². The van der Waals surface area contributed by atoms with Crippen molar-refractivity contribution in [2.24, 2.45) is 5.41 Å². The van der Waals surface area contributed by atoms with Crippen molar-refractivity contribution in [2.75, 3.05) is 13.2 Å². The molecule has 0 aromatic carbocycles. The van der Waals surface area contributed by atoms with E-state index in [2.05, 4.69) is 0 Å². The molecule has 0 rings (SSSR count). The largest absolute Gasteiger partial charge is 0.481 e. The van der Waals surface area contributed by atoms with E-state index in [1.807, 2.05) is 20.8 Å². The number of unbranched alkanes of at least 4 members (excludes halogenated alkanes) is 2. The zero-order chi connectivity index (χ0) is 14.9. The van der Waals surface area contributed by atoms with E-state index in [4.69, 9.17) is 14.2 Å². The Hall–Kier alpha value is -0.420. The summed E-state index contributed by atoms with van der Waals surface area (Å²) in [6, 6.07) is 0. The smallest absolute Gasteiger partial charge is 0.472 e. The van der Waals surface area contributed by atoms with Crippen LogP contribution in [0.1, 0.15) is 52.9 Å². The van der Waals surface area contributed by atoms with Crippen LogP contribution in [0.5, 0.6) is 0 Å². The van der Waals surface area contributed by atoms with Crippen LogP contribution < -0.4 is 0 Å². The van der Waals surface area contributed by atoms with Gasteiger partial charge in [-0.1, -0.05) is 27.2 Å². The number of aliphatic carboxylic acids is 1. The molecule has 0 bridgehead atoms. The highest BCUT2D eigenvalue weighted by Gasteiger charge is 2.21. The summed E-state index contributed by atoms with van der Waals surface area (Å²) in [5.74, 6) is -0.834. The van der Waals surface area contributed by atoms with Crippen molar-refractivity contribution in [3.05, 3.63) is 0 Å². The monoisotopic (exact) mass is 296 g/mol. The van der Waals surface area contributed by atoms with E-state index in [1.54, 1.807) is 0 Å². The van der Waals surface area contributed by atoms with Gasteiger partial charge >= 0.3 is 13.8 Å². The van der Waals surface area contributed by atoms with Crippen LogP contribution in [0.3, 0.4) is 0 Å². The van der Waals surface area contributed by atoms with Gasteiger partial charge in [0, 0.05) is 6.42 Å². The predicted molar refractivity (Wildman–Crippen MR) is 71.9 cm³/mol. The van der Waals surface area contributed by atoms with E-state index in [9.17, 15) is 14.3 Å². The third kappa shape index (κ3) is 13.8. The number of rotatable bonds is 10. The van der Waals surface area contributed by atoms with Crippen LogP contribution in [0.4, 0.5) is 0 Å². The molecule has 0 fully saturated rings. The molecule has 0 aliphatic carbocycles. The van der Waals surface area contributed by atoms with Gasteiger partial charge in [0.25, 0.3) is 0 Å². The fraction of sp³-hybridized carbons (Fsp3) is 0.917. The van der Waals surface area contributed by atoms with Gasteiger partial charge in [0.05, 0.1) is 13.2 Å². The molecule has 1 unspecified atom stereocenters. The molecule has 19 heavy (non-hydrogen) atoms. The summed E-state index contributed by atoms with van der Waals surface area (Å²) >= 11 is 0. The van der Waals surface area contributed by atoms with E-state index < -0.39 is 13.8 Å². The number of hydrogen-bond donors (Lipinski definition) is 2. The second-order valence-electron chi connectivity index (χ2n) is 5.65. The highest BCUT2D eigenvalue weighted by Crippen LogP contribution is 2.43. The molecule has 0 saturated heterocycles. The zero-order valence-corrected chi connectivity index (χ0v) is 12.8. The molecule has 6 nitrogen and oxygen atoms in total. The summed E-state index contributed by atoms with van der Waals surface area (Å²) in [6.45, 7) is 6.32. The Kier molecular flexibility index (Phi) is 8.50. The lowest BCUT2D eigenvalue weighted by atomic mass is 9.93. The number of phosphoric acid groups is 1. The summed E-state index contributed by atoms with van der Waals surface area (Å²) < 4.78 is 21.1. The number of carboxylic acids is 1. The van der Waals surface area contributed by atoms with Gasteiger partial charge in [-0.15, -0.1) is 0 Å². The zero-order valence-electron chi connectivity index (χ0n) is 11.9. The summed E-state index contributed by atoms with van der Waals surface area (Å²) in [6.07, 6.45) is 2.51. The molecule has 114 valence electrons. The average molecular weight is 296 g/mol. The number of carbonyl (C=O) groups is 1. The van der Waals surface area contributed by atoms with Gasteiger partial charge in [0.2, 0.25) is 0 Å². The second kappa shape index (κ2) is 8.69. The lowest BCUT2D eigenvalue weighted by Gasteiger charge is -2.19. The fourth-order valence-electron chi connectivity index (χ4n) is 1.24. The normalized spacial score (nSPS) is 15.2. The maximum Gasteiger partial charge on any atom is 0.472 e. The van der Waals surface area contributed by atoms with Crippen LogP contribution in [0.2, 0.25) is 0 Å². The molecule has 2 N–H and O–H groups in total. The number of phosphoric ester groups is 1. The average Bonchev–Trinajstić information content (AvgIpc) is 2.20. The molecule has 0 heterocycles. The molecule has 0 spiro atoms. The Balaban J connectivity index is 3.62. The van der Waals surface area contributed by atoms with Gasteiger partial charge in [0.1, 0.15) is 0 Å². The maximum absolute atomic E-state index is 11.5. The molecular formula is C12H25O6P. The van der Waals surface area contributed by atoms with Crippen molar-refractivity contribution in [1.29, 1.82) is 0 Å². The van der Waals surface area contributed by atoms with Gasteiger partial charge in [0.15, 0.2) is 0 Å². The SMILES string of the molecule is CC(C)(C)CCOP(=O)(O)OCCCCCC(=O)O. The van der Waals surface area contributed by atoms with Gasteiger partial charge in [-0.25, -0.2) is 4.57 Å². The van der Waals surface area contributed by atoms with Gasteiger partial charge in [-0.2, -0.15) is 0 Å². The third-order valence-electron chi connectivity index (χ3n) is 2.40. The number of carboxylic acid groups (broad SMARTS) is 1. The van der Waals surface area contributed by atoms with Gasteiger partial charge in [-0.3, -0.25) is 13.8 Å². The summed E-state index contributed by atoms with van der Waals surface area (Å²) in [4.78, 5) is 19.6. The van der Waals surface area contributed by atoms with Crippen molar-refractivity contribution >= 4 is 13.8 Å². The minimum atomic E-state index is -3.96. The molecule has 1 atom stereocenters. The van der Waals surface area contributed by atoms with Crippen molar-refractivity contribution in [1.82, 2.24) is 0 Å². The Morgan fingerprint density at radius 3 is 2.21 bits per heavy atom.